The summed E-state index contributed by atoms with van der Waals surface area (Å²) in [4.78, 5) is 14.8. The summed E-state index contributed by atoms with van der Waals surface area (Å²) in [5, 5.41) is 6.56. The first-order valence-corrected chi connectivity index (χ1v) is 7.52. The molecule has 0 radical (unpaired) electrons. The Morgan fingerprint density at radius 2 is 2.21 bits per heavy atom. The molecule has 0 bridgehead atoms. The Kier molecular flexibility index (Phi) is 5.19. The van der Waals surface area contributed by atoms with Crippen molar-refractivity contribution in [1.29, 1.82) is 0 Å². The van der Waals surface area contributed by atoms with E-state index in [2.05, 4.69) is 29.4 Å². The zero-order valence-electron chi connectivity index (χ0n) is 12.2. The lowest BCUT2D eigenvalue weighted by Crippen LogP contribution is -2.56. The molecule has 2 saturated heterocycles. The maximum atomic E-state index is 12.4. The summed E-state index contributed by atoms with van der Waals surface area (Å²) in [7, 11) is 0. The minimum atomic E-state index is -0.320. The van der Waals surface area contributed by atoms with Crippen molar-refractivity contribution in [3.63, 3.8) is 0 Å². The number of carbonyl (C=O) groups is 1. The second-order valence-corrected chi connectivity index (χ2v) is 5.75. The van der Waals surface area contributed by atoms with E-state index in [1.54, 1.807) is 0 Å². The molecule has 2 aliphatic rings. The number of nitrogens with zero attached hydrogens (tertiary/aromatic N) is 1. The van der Waals surface area contributed by atoms with Crippen LogP contribution < -0.4 is 10.6 Å². The number of hydrogen-bond acceptors (Lipinski definition) is 4. The lowest BCUT2D eigenvalue weighted by atomic mass is 9.93. The molecule has 0 aromatic rings. The van der Waals surface area contributed by atoms with Crippen molar-refractivity contribution in [3.8, 4) is 0 Å². The van der Waals surface area contributed by atoms with Gasteiger partial charge in [0.1, 0.15) is 0 Å². The van der Waals surface area contributed by atoms with E-state index in [-0.39, 0.29) is 17.5 Å². The quantitative estimate of drug-likeness (QED) is 0.756. The first-order chi connectivity index (χ1) is 9.16. The van der Waals surface area contributed by atoms with Crippen molar-refractivity contribution in [3.05, 3.63) is 0 Å². The van der Waals surface area contributed by atoms with Gasteiger partial charge in [-0.3, -0.25) is 9.69 Å². The van der Waals surface area contributed by atoms with E-state index in [4.69, 9.17) is 4.74 Å². The normalized spacial score (nSPS) is 30.2. The molecule has 1 amide bonds. The van der Waals surface area contributed by atoms with Crippen molar-refractivity contribution in [2.24, 2.45) is 0 Å². The SMILES string of the molecule is CCC1(C(=O)NC(C)CN2CCOCC2)CCCN1. The molecule has 2 N–H and O–H groups in total. The van der Waals surface area contributed by atoms with E-state index < -0.39 is 0 Å². The van der Waals surface area contributed by atoms with Crippen molar-refractivity contribution >= 4 is 5.91 Å². The van der Waals surface area contributed by atoms with Crippen LogP contribution in [0.2, 0.25) is 0 Å². The van der Waals surface area contributed by atoms with Gasteiger partial charge in [-0.15, -0.1) is 0 Å². The Morgan fingerprint density at radius 1 is 1.47 bits per heavy atom. The number of nitrogens with one attached hydrogen (secondary N) is 2. The van der Waals surface area contributed by atoms with Crippen LogP contribution in [0.3, 0.4) is 0 Å². The van der Waals surface area contributed by atoms with Crippen LogP contribution in [0.15, 0.2) is 0 Å². The third-order valence-electron chi connectivity index (χ3n) is 4.30. The molecule has 5 nitrogen and oxygen atoms in total. The molecule has 0 aliphatic carbocycles. The monoisotopic (exact) mass is 269 g/mol. The molecule has 2 fully saturated rings. The third-order valence-corrected chi connectivity index (χ3v) is 4.30. The number of amides is 1. The minimum absolute atomic E-state index is 0.174. The average Bonchev–Trinajstić information content (AvgIpc) is 2.89. The standard InChI is InChI=1S/C14H27N3O2/c1-3-14(5-4-6-15-14)13(18)16-12(2)11-17-7-9-19-10-8-17/h12,15H,3-11H2,1-2H3,(H,16,18). The van der Waals surface area contributed by atoms with Gasteiger partial charge in [-0.2, -0.15) is 0 Å². The Morgan fingerprint density at radius 3 is 2.79 bits per heavy atom. The van der Waals surface area contributed by atoms with Crippen LogP contribution in [0, 0.1) is 0 Å². The minimum Gasteiger partial charge on any atom is -0.379 e. The topological polar surface area (TPSA) is 53.6 Å². The number of morpholine rings is 1. The fourth-order valence-electron chi connectivity index (χ4n) is 3.04. The predicted molar refractivity (Wildman–Crippen MR) is 75.1 cm³/mol. The first-order valence-electron chi connectivity index (χ1n) is 7.52. The highest BCUT2D eigenvalue weighted by molar-refractivity contribution is 5.86. The molecular formula is C14H27N3O2. The molecule has 110 valence electrons. The van der Waals surface area contributed by atoms with Gasteiger partial charge in [0.25, 0.3) is 0 Å². The van der Waals surface area contributed by atoms with Crippen LogP contribution in [0.5, 0.6) is 0 Å². The van der Waals surface area contributed by atoms with Crippen LogP contribution in [-0.2, 0) is 9.53 Å². The Balaban J connectivity index is 1.80. The van der Waals surface area contributed by atoms with Gasteiger partial charge in [-0.25, -0.2) is 0 Å². The molecule has 2 atom stereocenters. The largest absolute Gasteiger partial charge is 0.379 e. The highest BCUT2D eigenvalue weighted by Crippen LogP contribution is 2.23. The van der Waals surface area contributed by atoms with Crippen molar-refractivity contribution in [2.45, 2.75) is 44.7 Å². The van der Waals surface area contributed by atoms with Crippen LogP contribution >= 0.6 is 0 Å². The molecular weight excluding hydrogens is 242 g/mol. The highest BCUT2D eigenvalue weighted by Gasteiger charge is 2.39. The average molecular weight is 269 g/mol. The van der Waals surface area contributed by atoms with Gasteiger partial charge >= 0.3 is 0 Å². The summed E-state index contributed by atoms with van der Waals surface area (Å²) in [6.45, 7) is 9.60. The summed E-state index contributed by atoms with van der Waals surface area (Å²) in [5.41, 5.74) is -0.320. The van der Waals surface area contributed by atoms with E-state index in [0.29, 0.717) is 0 Å². The Hall–Kier alpha value is -0.650. The molecule has 0 aromatic carbocycles. The Bertz CT molecular complexity index is 297. The van der Waals surface area contributed by atoms with Gasteiger partial charge in [0.15, 0.2) is 0 Å². The van der Waals surface area contributed by atoms with Gasteiger partial charge < -0.3 is 15.4 Å². The summed E-state index contributed by atoms with van der Waals surface area (Å²) in [6, 6.07) is 0.191. The van der Waals surface area contributed by atoms with Gasteiger partial charge in [0.05, 0.1) is 18.8 Å². The zero-order chi connectivity index (χ0) is 13.7. The van der Waals surface area contributed by atoms with Crippen LogP contribution in [-0.4, -0.2) is 61.8 Å². The number of ether oxygens (including phenoxy) is 1. The molecule has 2 rings (SSSR count). The first kappa shape index (κ1) is 14.8. The molecule has 2 unspecified atom stereocenters. The molecule has 19 heavy (non-hydrogen) atoms. The van der Waals surface area contributed by atoms with E-state index in [0.717, 1.165) is 58.7 Å². The molecule has 0 spiro atoms. The van der Waals surface area contributed by atoms with Gasteiger partial charge in [0.2, 0.25) is 5.91 Å². The lowest BCUT2D eigenvalue weighted by molar-refractivity contribution is -0.128. The third kappa shape index (κ3) is 3.68. The predicted octanol–water partition coefficient (Wildman–Crippen LogP) is 0.356. The van der Waals surface area contributed by atoms with E-state index in [9.17, 15) is 4.79 Å². The lowest BCUT2D eigenvalue weighted by Gasteiger charge is -2.32. The Labute approximate surface area is 116 Å². The van der Waals surface area contributed by atoms with Crippen LogP contribution in [0.4, 0.5) is 0 Å². The molecule has 2 aliphatic heterocycles. The summed E-state index contributed by atoms with van der Waals surface area (Å²) in [6.07, 6.45) is 2.92. The maximum Gasteiger partial charge on any atom is 0.240 e. The van der Waals surface area contributed by atoms with Crippen LogP contribution in [0.25, 0.3) is 0 Å². The smallest absolute Gasteiger partial charge is 0.240 e. The fraction of sp³-hybridized carbons (Fsp3) is 0.929. The summed E-state index contributed by atoms with van der Waals surface area (Å²) < 4.78 is 5.34. The van der Waals surface area contributed by atoms with Crippen molar-refractivity contribution in [2.75, 3.05) is 39.4 Å². The number of hydrogen-bond donors (Lipinski definition) is 2. The summed E-state index contributed by atoms with van der Waals surface area (Å²) in [5.74, 6) is 0.174. The maximum absolute atomic E-state index is 12.4. The van der Waals surface area contributed by atoms with E-state index in [1.807, 2.05) is 0 Å². The van der Waals surface area contributed by atoms with Crippen molar-refractivity contribution < 1.29 is 9.53 Å². The van der Waals surface area contributed by atoms with E-state index >= 15 is 0 Å². The molecule has 0 aromatic heterocycles. The van der Waals surface area contributed by atoms with Gasteiger partial charge in [-0.1, -0.05) is 6.92 Å². The fourth-order valence-corrected chi connectivity index (χ4v) is 3.04. The molecule has 0 saturated carbocycles. The summed E-state index contributed by atoms with van der Waals surface area (Å²) >= 11 is 0. The van der Waals surface area contributed by atoms with Gasteiger partial charge in [-0.05, 0) is 32.7 Å². The van der Waals surface area contributed by atoms with E-state index in [1.165, 1.54) is 0 Å². The van der Waals surface area contributed by atoms with Crippen molar-refractivity contribution in [1.82, 2.24) is 15.5 Å². The highest BCUT2D eigenvalue weighted by atomic mass is 16.5. The second kappa shape index (κ2) is 6.68. The van der Waals surface area contributed by atoms with Gasteiger partial charge in [0, 0.05) is 25.7 Å². The number of carbonyl (C=O) groups excluding carboxylic acids is 1. The molecule has 2 heterocycles. The number of rotatable bonds is 5. The molecule has 5 heteroatoms. The zero-order valence-corrected chi connectivity index (χ0v) is 12.2. The second-order valence-electron chi connectivity index (χ2n) is 5.75. The van der Waals surface area contributed by atoms with Crippen LogP contribution in [0.1, 0.15) is 33.1 Å².